The molecule has 138 valence electrons. The first-order chi connectivity index (χ1) is 13.1. The quantitative estimate of drug-likeness (QED) is 0.386. The molecule has 1 heterocycles. The molecule has 6 heteroatoms. The summed E-state index contributed by atoms with van der Waals surface area (Å²) in [6, 6.07) is 15.5. The number of carbonyl (C=O) groups is 1. The van der Waals surface area contributed by atoms with Crippen molar-refractivity contribution in [2.24, 2.45) is 0 Å². The number of benzene rings is 2. The van der Waals surface area contributed by atoms with Gasteiger partial charge in [-0.1, -0.05) is 66.5 Å². The van der Waals surface area contributed by atoms with Crippen LogP contribution in [0.4, 0.5) is 0 Å². The molecule has 2 aromatic rings. The summed E-state index contributed by atoms with van der Waals surface area (Å²) >= 11 is 6.55. The standard InChI is InChI=1S/C21H19NO3S2/c1-3-11-22-20(23)19(27-21(22)26)13-16-9-10-17(18(12-16)24-2)25-14-15-7-5-4-6-8-15/h3-10,12-13H,1,11,14H2,2H3. The van der Waals surface area contributed by atoms with Crippen molar-refractivity contribution in [2.75, 3.05) is 13.7 Å². The molecule has 0 saturated carbocycles. The van der Waals surface area contributed by atoms with Crippen LogP contribution in [-0.2, 0) is 11.4 Å². The number of rotatable bonds is 7. The molecule has 1 fully saturated rings. The molecule has 1 saturated heterocycles. The van der Waals surface area contributed by atoms with Crippen LogP contribution in [0.5, 0.6) is 11.5 Å². The minimum atomic E-state index is -0.103. The van der Waals surface area contributed by atoms with Gasteiger partial charge >= 0.3 is 0 Å². The fraction of sp³-hybridized carbons (Fsp3) is 0.143. The zero-order valence-corrected chi connectivity index (χ0v) is 16.5. The molecule has 1 aliphatic heterocycles. The van der Waals surface area contributed by atoms with E-state index in [4.69, 9.17) is 21.7 Å². The summed E-state index contributed by atoms with van der Waals surface area (Å²) in [5, 5.41) is 0. The van der Waals surface area contributed by atoms with E-state index in [1.54, 1.807) is 13.2 Å². The zero-order chi connectivity index (χ0) is 19.2. The van der Waals surface area contributed by atoms with Gasteiger partial charge in [-0.2, -0.15) is 0 Å². The third kappa shape index (κ3) is 4.59. The number of hydrogen-bond donors (Lipinski definition) is 0. The lowest BCUT2D eigenvalue weighted by Gasteiger charge is -2.12. The van der Waals surface area contributed by atoms with Crippen LogP contribution >= 0.6 is 24.0 Å². The van der Waals surface area contributed by atoms with E-state index >= 15 is 0 Å². The molecule has 4 nitrogen and oxygen atoms in total. The molecule has 1 aliphatic rings. The van der Waals surface area contributed by atoms with Crippen molar-refractivity contribution < 1.29 is 14.3 Å². The molecule has 27 heavy (non-hydrogen) atoms. The molecular formula is C21H19NO3S2. The second kappa shape index (κ2) is 8.88. The number of carbonyl (C=O) groups excluding carboxylic acids is 1. The molecule has 0 radical (unpaired) electrons. The first kappa shape index (κ1) is 19.2. The van der Waals surface area contributed by atoms with Gasteiger partial charge in [-0.05, 0) is 29.3 Å². The highest BCUT2D eigenvalue weighted by Gasteiger charge is 2.30. The van der Waals surface area contributed by atoms with Gasteiger partial charge in [0.15, 0.2) is 11.5 Å². The summed E-state index contributed by atoms with van der Waals surface area (Å²) < 4.78 is 11.9. The van der Waals surface area contributed by atoms with Crippen LogP contribution in [0.25, 0.3) is 6.08 Å². The van der Waals surface area contributed by atoms with Crippen molar-refractivity contribution in [1.29, 1.82) is 0 Å². The topological polar surface area (TPSA) is 38.8 Å². The summed E-state index contributed by atoms with van der Waals surface area (Å²) in [6.07, 6.45) is 3.47. The Balaban J connectivity index is 1.77. The summed E-state index contributed by atoms with van der Waals surface area (Å²) in [5.74, 6) is 1.16. The minimum absolute atomic E-state index is 0.103. The summed E-state index contributed by atoms with van der Waals surface area (Å²) in [7, 11) is 1.60. The second-order valence-electron chi connectivity index (χ2n) is 5.77. The Hall–Kier alpha value is -2.57. The summed E-state index contributed by atoms with van der Waals surface area (Å²) in [5.41, 5.74) is 1.92. The fourth-order valence-corrected chi connectivity index (χ4v) is 3.84. The molecule has 0 aromatic heterocycles. The number of thioether (sulfide) groups is 1. The van der Waals surface area contributed by atoms with Crippen LogP contribution in [0.3, 0.4) is 0 Å². The molecule has 2 aromatic carbocycles. The lowest BCUT2D eigenvalue weighted by atomic mass is 10.1. The smallest absolute Gasteiger partial charge is 0.266 e. The van der Waals surface area contributed by atoms with Crippen molar-refractivity contribution in [3.8, 4) is 11.5 Å². The Morgan fingerprint density at radius 2 is 1.96 bits per heavy atom. The van der Waals surface area contributed by atoms with E-state index < -0.39 is 0 Å². The molecular weight excluding hydrogens is 378 g/mol. The Labute approximate surface area is 168 Å². The van der Waals surface area contributed by atoms with Crippen LogP contribution in [0, 0.1) is 0 Å². The molecule has 0 aliphatic carbocycles. The van der Waals surface area contributed by atoms with E-state index in [0.29, 0.717) is 33.9 Å². The number of ether oxygens (including phenoxy) is 2. The van der Waals surface area contributed by atoms with Crippen molar-refractivity contribution >= 4 is 40.3 Å². The highest BCUT2D eigenvalue weighted by Crippen LogP contribution is 2.34. The number of thiocarbonyl (C=S) groups is 1. The molecule has 0 spiro atoms. The Kier molecular flexibility index (Phi) is 6.32. The highest BCUT2D eigenvalue weighted by atomic mass is 32.2. The Morgan fingerprint density at radius 3 is 2.67 bits per heavy atom. The van der Waals surface area contributed by atoms with Crippen LogP contribution in [-0.4, -0.2) is 28.8 Å². The lowest BCUT2D eigenvalue weighted by Crippen LogP contribution is -2.27. The van der Waals surface area contributed by atoms with E-state index in [1.807, 2.05) is 54.6 Å². The van der Waals surface area contributed by atoms with Crippen molar-refractivity contribution in [3.05, 3.63) is 77.2 Å². The average Bonchev–Trinajstić information content (AvgIpc) is 2.95. The number of amides is 1. The summed E-state index contributed by atoms with van der Waals surface area (Å²) in [4.78, 5) is 14.6. The molecule has 0 atom stereocenters. The maximum atomic E-state index is 12.4. The van der Waals surface area contributed by atoms with Gasteiger partial charge in [-0.15, -0.1) is 6.58 Å². The maximum absolute atomic E-state index is 12.4. The van der Waals surface area contributed by atoms with Gasteiger partial charge in [0.05, 0.1) is 12.0 Å². The van der Waals surface area contributed by atoms with Crippen molar-refractivity contribution in [2.45, 2.75) is 6.61 Å². The van der Waals surface area contributed by atoms with Gasteiger partial charge in [-0.25, -0.2) is 0 Å². The lowest BCUT2D eigenvalue weighted by molar-refractivity contribution is -0.121. The van der Waals surface area contributed by atoms with Gasteiger partial charge in [0.2, 0.25) is 0 Å². The third-order valence-electron chi connectivity index (χ3n) is 3.91. The maximum Gasteiger partial charge on any atom is 0.266 e. The van der Waals surface area contributed by atoms with E-state index in [0.717, 1.165) is 11.1 Å². The van der Waals surface area contributed by atoms with Crippen LogP contribution < -0.4 is 9.47 Å². The molecule has 3 rings (SSSR count). The highest BCUT2D eigenvalue weighted by molar-refractivity contribution is 8.26. The van der Waals surface area contributed by atoms with Crippen molar-refractivity contribution in [1.82, 2.24) is 4.90 Å². The number of nitrogens with zero attached hydrogens (tertiary/aromatic N) is 1. The zero-order valence-electron chi connectivity index (χ0n) is 14.9. The van der Waals surface area contributed by atoms with Crippen LogP contribution in [0.15, 0.2) is 66.1 Å². The fourth-order valence-electron chi connectivity index (χ4n) is 2.57. The summed E-state index contributed by atoms with van der Waals surface area (Å²) in [6.45, 7) is 4.53. The molecule has 1 amide bonds. The monoisotopic (exact) mass is 397 g/mol. The van der Waals surface area contributed by atoms with Crippen LogP contribution in [0.2, 0.25) is 0 Å². The Morgan fingerprint density at radius 1 is 1.19 bits per heavy atom. The molecule has 0 N–H and O–H groups in total. The van der Waals surface area contributed by atoms with Crippen molar-refractivity contribution in [3.63, 3.8) is 0 Å². The Bertz CT molecular complexity index is 894. The first-order valence-electron chi connectivity index (χ1n) is 8.33. The van der Waals surface area contributed by atoms with Gasteiger partial charge < -0.3 is 9.47 Å². The van der Waals surface area contributed by atoms with Gasteiger partial charge in [0.1, 0.15) is 10.9 Å². The average molecular weight is 398 g/mol. The SMILES string of the molecule is C=CCN1C(=O)C(=Cc2ccc(OCc3ccccc3)c(OC)c2)SC1=S. The number of methoxy groups -OCH3 is 1. The first-order valence-corrected chi connectivity index (χ1v) is 9.56. The van der Waals surface area contributed by atoms with E-state index in [2.05, 4.69) is 6.58 Å². The van der Waals surface area contributed by atoms with E-state index in [9.17, 15) is 4.79 Å². The predicted octanol–water partition coefficient (Wildman–Crippen LogP) is 4.66. The predicted molar refractivity (Wildman–Crippen MR) is 114 cm³/mol. The largest absolute Gasteiger partial charge is 0.493 e. The van der Waals surface area contributed by atoms with Gasteiger partial charge in [-0.3, -0.25) is 9.69 Å². The molecule has 0 bridgehead atoms. The van der Waals surface area contributed by atoms with Gasteiger partial charge in [0.25, 0.3) is 5.91 Å². The minimum Gasteiger partial charge on any atom is -0.493 e. The number of hydrogen-bond acceptors (Lipinski definition) is 5. The third-order valence-corrected chi connectivity index (χ3v) is 5.29. The van der Waals surface area contributed by atoms with Crippen LogP contribution in [0.1, 0.15) is 11.1 Å². The van der Waals surface area contributed by atoms with E-state index in [1.165, 1.54) is 16.7 Å². The van der Waals surface area contributed by atoms with Gasteiger partial charge in [0, 0.05) is 6.54 Å². The van der Waals surface area contributed by atoms with E-state index in [-0.39, 0.29) is 5.91 Å². The molecule has 0 unspecified atom stereocenters. The normalized spacial score (nSPS) is 15.3. The second-order valence-corrected chi connectivity index (χ2v) is 7.44.